The van der Waals surface area contributed by atoms with E-state index in [1.807, 2.05) is 25.1 Å². The Labute approximate surface area is 125 Å². The summed E-state index contributed by atoms with van der Waals surface area (Å²) in [4.78, 5) is 2.11. The molecule has 0 bridgehead atoms. The summed E-state index contributed by atoms with van der Waals surface area (Å²) in [5, 5.41) is 0.660. The van der Waals surface area contributed by atoms with E-state index in [0.717, 1.165) is 11.3 Å². The number of nitrogens with two attached hydrogens (primary N) is 1. The minimum absolute atomic E-state index is 0.0522. The van der Waals surface area contributed by atoms with Crippen molar-refractivity contribution < 1.29 is 8.42 Å². The van der Waals surface area contributed by atoms with Gasteiger partial charge < -0.3 is 10.6 Å². The van der Waals surface area contributed by atoms with Gasteiger partial charge in [0.05, 0.1) is 17.0 Å². The first-order valence-corrected chi connectivity index (χ1v) is 8.77. The molecular formula is C13H20ClN3O2S. The summed E-state index contributed by atoms with van der Waals surface area (Å²) in [6, 6.07) is 5.75. The SMILES string of the molecule is C[C@H](N)c1ccc(N2CCN(S(C)(=O)=O)CC2)c(Cl)c1. The van der Waals surface area contributed by atoms with Crippen LogP contribution in [-0.4, -0.2) is 45.2 Å². The third-order valence-corrected chi connectivity index (χ3v) is 5.15. The van der Waals surface area contributed by atoms with Gasteiger partial charge in [0, 0.05) is 32.2 Å². The number of anilines is 1. The van der Waals surface area contributed by atoms with Crippen molar-refractivity contribution in [3.05, 3.63) is 28.8 Å². The quantitative estimate of drug-likeness (QED) is 0.916. The number of halogens is 1. The molecule has 2 N–H and O–H groups in total. The van der Waals surface area contributed by atoms with Crippen molar-refractivity contribution in [2.45, 2.75) is 13.0 Å². The molecule has 1 aromatic rings. The third kappa shape index (κ3) is 3.44. The van der Waals surface area contributed by atoms with Gasteiger partial charge in [0.25, 0.3) is 0 Å². The molecule has 0 aliphatic carbocycles. The second kappa shape index (κ2) is 5.89. The molecule has 0 unspecified atom stereocenters. The zero-order valence-electron chi connectivity index (χ0n) is 11.7. The van der Waals surface area contributed by atoms with Gasteiger partial charge in [0.1, 0.15) is 0 Å². The highest BCUT2D eigenvalue weighted by Crippen LogP contribution is 2.29. The number of nitrogens with zero attached hydrogens (tertiary/aromatic N) is 2. The summed E-state index contributed by atoms with van der Waals surface area (Å²) in [5.74, 6) is 0. The van der Waals surface area contributed by atoms with Gasteiger partial charge in [-0.15, -0.1) is 0 Å². The van der Waals surface area contributed by atoms with Crippen molar-refractivity contribution in [3.8, 4) is 0 Å². The Hall–Kier alpha value is -0.820. The Morgan fingerprint density at radius 1 is 1.25 bits per heavy atom. The Bertz CT molecular complexity index is 581. The summed E-state index contributed by atoms with van der Waals surface area (Å²) in [7, 11) is -3.10. The molecule has 112 valence electrons. The van der Waals surface area contributed by atoms with E-state index in [0.29, 0.717) is 31.2 Å². The molecule has 0 radical (unpaired) electrons. The molecule has 1 atom stereocenters. The molecule has 1 fully saturated rings. The fourth-order valence-corrected chi connectivity index (χ4v) is 3.46. The van der Waals surface area contributed by atoms with Crippen LogP contribution in [0.15, 0.2) is 18.2 Å². The fraction of sp³-hybridized carbons (Fsp3) is 0.538. The van der Waals surface area contributed by atoms with Crippen LogP contribution in [0, 0.1) is 0 Å². The lowest BCUT2D eigenvalue weighted by Crippen LogP contribution is -2.48. The first-order chi connectivity index (χ1) is 9.29. The molecule has 1 aliphatic heterocycles. The van der Waals surface area contributed by atoms with Crippen LogP contribution in [0.1, 0.15) is 18.5 Å². The summed E-state index contributed by atoms with van der Waals surface area (Å²) >= 11 is 6.30. The molecule has 20 heavy (non-hydrogen) atoms. The van der Waals surface area contributed by atoms with Crippen molar-refractivity contribution in [1.29, 1.82) is 0 Å². The van der Waals surface area contributed by atoms with E-state index in [4.69, 9.17) is 17.3 Å². The predicted molar refractivity (Wildman–Crippen MR) is 82.7 cm³/mol. The highest BCUT2D eigenvalue weighted by molar-refractivity contribution is 7.88. The number of hydrogen-bond donors (Lipinski definition) is 1. The number of piperazine rings is 1. The van der Waals surface area contributed by atoms with Crippen molar-refractivity contribution in [1.82, 2.24) is 4.31 Å². The van der Waals surface area contributed by atoms with Gasteiger partial charge in [0.2, 0.25) is 10.0 Å². The first kappa shape index (κ1) is 15.6. The van der Waals surface area contributed by atoms with Gasteiger partial charge in [0.15, 0.2) is 0 Å². The molecule has 0 saturated carbocycles. The lowest BCUT2D eigenvalue weighted by molar-refractivity contribution is 0.388. The van der Waals surface area contributed by atoms with E-state index in [1.54, 1.807) is 0 Å². The van der Waals surface area contributed by atoms with E-state index in [9.17, 15) is 8.42 Å². The molecule has 5 nitrogen and oxygen atoms in total. The van der Waals surface area contributed by atoms with Crippen molar-refractivity contribution in [2.24, 2.45) is 5.73 Å². The normalized spacial score (nSPS) is 19.1. The van der Waals surface area contributed by atoms with Crippen LogP contribution < -0.4 is 10.6 Å². The standard InChI is InChI=1S/C13H20ClN3O2S/c1-10(15)11-3-4-13(12(14)9-11)16-5-7-17(8-6-16)20(2,18)19/h3-4,9-10H,5-8,15H2,1-2H3/t10-/m0/s1. The summed E-state index contributed by atoms with van der Waals surface area (Å²) in [6.45, 7) is 4.18. The van der Waals surface area contributed by atoms with E-state index in [2.05, 4.69) is 4.90 Å². The molecule has 1 saturated heterocycles. The third-order valence-electron chi connectivity index (χ3n) is 3.55. The molecule has 1 aromatic carbocycles. The van der Waals surface area contributed by atoms with Gasteiger partial charge in [-0.25, -0.2) is 8.42 Å². The van der Waals surface area contributed by atoms with Gasteiger partial charge in [-0.05, 0) is 24.6 Å². The Morgan fingerprint density at radius 3 is 2.30 bits per heavy atom. The number of sulfonamides is 1. The van der Waals surface area contributed by atoms with E-state index in [-0.39, 0.29) is 6.04 Å². The fourth-order valence-electron chi connectivity index (χ4n) is 2.32. The van der Waals surface area contributed by atoms with E-state index >= 15 is 0 Å². The first-order valence-electron chi connectivity index (χ1n) is 6.54. The molecule has 0 aromatic heterocycles. The van der Waals surface area contributed by atoms with Crippen molar-refractivity contribution >= 4 is 27.3 Å². The van der Waals surface area contributed by atoms with Crippen LogP contribution in [-0.2, 0) is 10.0 Å². The Balaban J connectivity index is 2.11. The highest BCUT2D eigenvalue weighted by Gasteiger charge is 2.24. The van der Waals surface area contributed by atoms with E-state index < -0.39 is 10.0 Å². The summed E-state index contributed by atoms with van der Waals surface area (Å²) < 4.78 is 24.5. The zero-order valence-corrected chi connectivity index (χ0v) is 13.3. The van der Waals surface area contributed by atoms with Crippen LogP contribution >= 0.6 is 11.6 Å². The molecule has 2 rings (SSSR count). The maximum Gasteiger partial charge on any atom is 0.211 e. The second-order valence-corrected chi connectivity index (χ2v) is 7.54. The minimum atomic E-state index is -3.10. The van der Waals surface area contributed by atoms with Gasteiger partial charge >= 0.3 is 0 Å². The number of rotatable bonds is 3. The van der Waals surface area contributed by atoms with E-state index in [1.165, 1.54) is 10.6 Å². The summed E-state index contributed by atoms with van der Waals surface area (Å²) in [6.07, 6.45) is 1.24. The topological polar surface area (TPSA) is 66.6 Å². The van der Waals surface area contributed by atoms with Crippen LogP contribution in [0.4, 0.5) is 5.69 Å². The molecular weight excluding hydrogens is 298 g/mol. The van der Waals surface area contributed by atoms with Gasteiger partial charge in [-0.1, -0.05) is 17.7 Å². The highest BCUT2D eigenvalue weighted by atomic mass is 35.5. The Morgan fingerprint density at radius 2 is 1.85 bits per heavy atom. The van der Waals surface area contributed by atoms with Crippen molar-refractivity contribution in [2.75, 3.05) is 37.3 Å². The monoisotopic (exact) mass is 317 g/mol. The second-order valence-electron chi connectivity index (χ2n) is 5.15. The zero-order chi connectivity index (χ0) is 14.9. The largest absolute Gasteiger partial charge is 0.368 e. The lowest BCUT2D eigenvalue weighted by atomic mass is 10.1. The van der Waals surface area contributed by atoms with Crippen LogP contribution in [0.25, 0.3) is 0 Å². The molecule has 1 heterocycles. The average Bonchev–Trinajstić information content (AvgIpc) is 2.37. The number of benzene rings is 1. The maximum atomic E-state index is 11.5. The van der Waals surface area contributed by atoms with Crippen molar-refractivity contribution in [3.63, 3.8) is 0 Å². The minimum Gasteiger partial charge on any atom is -0.368 e. The molecule has 0 amide bonds. The van der Waals surface area contributed by atoms with Gasteiger partial charge in [-0.3, -0.25) is 0 Å². The van der Waals surface area contributed by atoms with Gasteiger partial charge in [-0.2, -0.15) is 4.31 Å². The smallest absolute Gasteiger partial charge is 0.211 e. The van der Waals surface area contributed by atoms with Crippen LogP contribution in [0.5, 0.6) is 0 Å². The average molecular weight is 318 g/mol. The summed E-state index contributed by atoms with van der Waals surface area (Å²) in [5.41, 5.74) is 7.76. The number of hydrogen-bond acceptors (Lipinski definition) is 4. The lowest BCUT2D eigenvalue weighted by Gasteiger charge is -2.35. The molecule has 7 heteroatoms. The Kier molecular flexibility index (Phi) is 4.59. The van der Waals surface area contributed by atoms with Crippen LogP contribution in [0.3, 0.4) is 0 Å². The predicted octanol–water partition coefficient (Wildman–Crippen LogP) is 1.44. The maximum absolute atomic E-state index is 11.5. The molecule has 0 spiro atoms. The molecule has 1 aliphatic rings. The van der Waals surface area contributed by atoms with Crippen LogP contribution in [0.2, 0.25) is 5.02 Å².